The number of nitrogens with zero attached hydrogens (tertiary/aromatic N) is 2. The summed E-state index contributed by atoms with van der Waals surface area (Å²) in [6, 6.07) is -0.158. The molecule has 0 bridgehead atoms. The van der Waals surface area contributed by atoms with Crippen LogP contribution in [0.1, 0.15) is 19.8 Å². The first-order chi connectivity index (χ1) is 8.67. The van der Waals surface area contributed by atoms with Gasteiger partial charge in [0.15, 0.2) is 0 Å². The number of hydrogen-bond acceptors (Lipinski definition) is 5. The molecule has 0 aromatic carbocycles. The fraction of sp³-hybridized carbons (Fsp3) is 0.923. The molecule has 0 amide bonds. The molecule has 1 aliphatic rings. The molecule has 0 aliphatic carbocycles. The molecule has 1 unspecified atom stereocenters. The minimum absolute atomic E-state index is 0.141. The van der Waals surface area contributed by atoms with Crippen LogP contribution in [0.5, 0.6) is 0 Å². The van der Waals surface area contributed by atoms with Gasteiger partial charge in [-0.05, 0) is 26.4 Å². The van der Waals surface area contributed by atoms with Crippen LogP contribution in [0, 0.1) is 0 Å². The lowest BCUT2D eigenvalue weighted by Crippen LogP contribution is -2.47. The molecule has 1 rings (SSSR count). The third-order valence-corrected chi connectivity index (χ3v) is 3.46. The van der Waals surface area contributed by atoms with Gasteiger partial charge in [-0.3, -0.25) is 4.79 Å². The van der Waals surface area contributed by atoms with Gasteiger partial charge in [0.2, 0.25) is 0 Å². The van der Waals surface area contributed by atoms with Gasteiger partial charge in [-0.15, -0.1) is 0 Å². The van der Waals surface area contributed by atoms with Gasteiger partial charge in [0.25, 0.3) is 0 Å². The van der Waals surface area contributed by atoms with Crippen molar-refractivity contribution < 1.29 is 9.53 Å². The van der Waals surface area contributed by atoms with Gasteiger partial charge in [0, 0.05) is 32.7 Å². The zero-order valence-corrected chi connectivity index (χ0v) is 11.9. The van der Waals surface area contributed by atoms with Crippen molar-refractivity contribution >= 4 is 5.97 Å². The third kappa shape index (κ3) is 5.33. The van der Waals surface area contributed by atoms with Gasteiger partial charge >= 0.3 is 5.97 Å². The van der Waals surface area contributed by atoms with E-state index in [1.165, 1.54) is 7.11 Å². The van der Waals surface area contributed by atoms with Gasteiger partial charge in [-0.25, -0.2) is 0 Å². The van der Waals surface area contributed by atoms with E-state index in [9.17, 15) is 4.79 Å². The smallest absolute Gasteiger partial charge is 0.322 e. The van der Waals surface area contributed by atoms with E-state index in [1.807, 2.05) is 0 Å². The van der Waals surface area contributed by atoms with Crippen molar-refractivity contribution in [3.05, 3.63) is 0 Å². The molecule has 5 heteroatoms. The summed E-state index contributed by atoms with van der Waals surface area (Å²) >= 11 is 0. The molecule has 106 valence electrons. The number of hydrogen-bond donors (Lipinski definition) is 1. The number of esters is 1. The second-order valence-electron chi connectivity index (χ2n) is 4.96. The molecule has 18 heavy (non-hydrogen) atoms. The van der Waals surface area contributed by atoms with Crippen molar-refractivity contribution in [3.8, 4) is 0 Å². The standard InChI is InChI=1S/C13H27N3O2/c1-4-6-14-12(13(17)18-3)5-7-16-10-8-15(2)9-11-16/h12,14H,4-11H2,1-3H3. The van der Waals surface area contributed by atoms with Crippen LogP contribution in [0.25, 0.3) is 0 Å². The van der Waals surface area contributed by atoms with Crippen LogP contribution < -0.4 is 5.32 Å². The predicted octanol–water partition coefficient (Wildman–Crippen LogP) is 0.165. The Kier molecular flexibility index (Phi) is 7.23. The molecule has 1 aliphatic heterocycles. The van der Waals surface area contributed by atoms with E-state index >= 15 is 0 Å². The highest BCUT2D eigenvalue weighted by molar-refractivity contribution is 5.75. The van der Waals surface area contributed by atoms with Crippen molar-refractivity contribution in [1.29, 1.82) is 0 Å². The molecule has 1 heterocycles. The molecule has 5 nitrogen and oxygen atoms in total. The quantitative estimate of drug-likeness (QED) is 0.659. The largest absolute Gasteiger partial charge is 0.468 e. The van der Waals surface area contributed by atoms with E-state index in [2.05, 4.69) is 29.1 Å². The van der Waals surface area contributed by atoms with Gasteiger partial charge in [0.1, 0.15) is 6.04 Å². The topological polar surface area (TPSA) is 44.8 Å². The van der Waals surface area contributed by atoms with E-state index in [0.29, 0.717) is 0 Å². The lowest BCUT2D eigenvalue weighted by atomic mass is 10.2. The Balaban J connectivity index is 2.29. The minimum Gasteiger partial charge on any atom is -0.468 e. The van der Waals surface area contributed by atoms with E-state index in [1.54, 1.807) is 0 Å². The Hall–Kier alpha value is -0.650. The van der Waals surface area contributed by atoms with E-state index < -0.39 is 0 Å². The normalized spacial score (nSPS) is 19.7. The predicted molar refractivity (Wildman–Crippen MR) is 72.7 cm³/mol. The number of methoxy groups -OCH3 is 1. The third-order valence-electron chi connectivity index (χ3n) is 3.46. The number of ether oxygens (including phenoxy) is 1. The Morgan fingerprint density at radius 1 is 1.33 bits per heavy atom. The summed E-state index contributed by atoms with van der Waals surface area (Å²) in [5.41, 5.74) is 0. The first-order valence-electron chi connectivity index (χ1n) is 6.89. The highest BCUT2D eigenvalue weighted by atomic mass is 16.5. The van der Waals surface area contributed by atoms with Crippen molar-refractivity contribution in [3.63, 3.8) is 0 Å². The summed E-state index contributed by atoms with van der Waals surface area (Å²) < 4.78 is 4.84. The Morgan fingerprint density at radius 3 is 2.56 bits per heavy atom. The van der Waals surface area contributed by atoms with E-state index in [-0.39, 0.29) is 12.0 Å². The highest BCUT2D eigenvalue weighted by Gasteiger charge is 2.20. The van der Waals surface area contributed by atoms with Crippen molar-refractivity contribution in [2.75, 3.05) is 53.4 Å². The van der Waals surface area contributed by atoms with E-state index in [4.69, 9.17) is 4.74 Å². The molecular formula is C13H27N3O2. The van der Waals surface area contributed by atoms with Crippen LogP contribution in [0.15, 0.2) is 0 Å². The Morgan fingerprint density at radius 2 is 2.00 bits per heavy atom. The summed E-state index contributed by atoms with van der Waals surface area (Å²) in [5.74, 6) is -0.141. The number of piperazine rings is 1. The zero-order chi connectivity index (χ0) is 13.4. The summed E-state index contributed by atoms with van der Waals surface area (Å²) in [6.45, 7) is 8.35. The summed E-state index contributed by atoms with van der Waals surface area (Å²) in [7, 11) is 3.61. The molecule has 1 N–H and O–H groups in total. The fourth-order valence-corrected chi connectivity index (χ4v) is 2.15. The molecule has 1 saturated heterocycles. The van der Waals surface area contributed by atoms with Gasteiger partial charge < -0.3 is 19.9 Å². The maximum Gasteiger partial charge on any atom is 0.322 e. The zero-order valence-electron chi connectivity index (χ0n) is 11.9. The monoisotopic (exact) mass is 257 g/mol. The SMILES string of the molecule is CCCNC(CCN1CCN(C)CC1)C(=O)OC. The summed E-state index contributed by atoms with van der Waals surface area (Å²) in [5, 5.41) is 3.26. The van der Waals surface area contributed by atoms with Crippen LogP contribution in [0.4, 0.5) is 0 Å². The van der Waals surface area contributed by atoms with Crippen LogP contribution in [0.3, 0.4) is 0 Å². The summed E-state index contributed by atoms with van der Waals surface area (Å²) in [6.07, 6.45) is 1.86. The van der Waals surface area contributed by atoms with Gasteiger partial charge in [0.05, 0.1) is 7.11 Å². The number of rotatable bonds is 7. The molecule has 0 aromatic heterocycles. The molecular weight excluding hydrogens is 230 g/mol. The average Bonchev–Trinajstić information content (AvgIpc) is 2.40. The van der Waals surface area contributed by atoms with Crippen LogP contribution >= 0.6 is 0 Å². The molecule has 0 aromatic rings. The number of carbonyl (C=O) groups is 1. The first-order valence-corrected chi connectivity index (χ1v) is 6.89. The lowest BCUT2D eigenvalue weighted by Gasteiger charge is -2.33. The van der Waals surface area contributed by atoms with Crippen molar-refractivity contribution in [1.82, 2.24) is 15.1 Å². The van der Waals surface area contributed by atoms with Crippen LogP contribution in [-0.2, 0) is 9.53 Å². The lowest BCUT2D eigenvalue weighted by molar-refractivity contribution is -0.143. The molecule has 1 atom stereocenters. The van der Waals surface area contributed by atoms with Crippen molar-refractivity contribution in [2.24, 2.45) is 0 Å². The molecule has 0 radical (unpaired) electrons. The molecule has 0 saturated carbocycles. The second kappa shape index (κ2) is 8.45. The van der Waals surface area contributed by atoms with Crippen molar-refractivity contribution in [2.45, 2.75) is 25.8 Å². The fourth-order valence-electron chi connectivity index (χ4n) is 2.15. The maximum atomic E-state index is 11.6. The number of carbonyl (C=O) groups excluding carboxylic acids is 1. The van der Waals surface area contributed by atoms with Gasteiger partial charge in [-0.2, -0.15) is 0 Å². The molecule has 1 fully saturated rings. The Bertz CT molecular complexity index is 240. The highest BCUT2D eigenvalue weighted by Crippen LogP contribution is 2.03. The van der Waals surface area contributed by atoms with Crippen LogP contribution in [-0.4, -0.2) is 75.2 Å². The Labute approximate surface area is 110 Å². The van der Waals surface area contributed by atoms with Gasteiger partial charge in [-0.1, -0.05) is 6.92 Å². The average molecular weight is 257 g/mol. The first kappa shape index (κ1) is 15.4. The molecule has 0 spiro atoms. The van der Waals surface area contributed by atoms with Crippen LogP contribution in [0.2, 0.25) is 0 Å². The van der Waals surface area contributed by atoms with E-state index in [0.717, 1.165) is 52.1 Å². The number of likely N-dealkylation sites (N-methyl/N-ethyl adjacent to an activating group) is 1. The summed E-state index contributed by atoms with van der Waals surface area (Å²) in [4.78, 5) is 16.4. The number of nitrogens with one attached hydrogen (secondary N) is 1. The minimum atomic E-state index is -0.158. The second-order valence-corrected chi connectivity index (χ2v) is 4.96. The maximum absolute atomic E-state index is 11.6.